The van der Waals surface area contributed by atoms with Crippen molar-refractivity contribution >= 4 is 5.71 Å². The van der Waals surface area contributed by atoms with Crippen molar-refractivity contribution in [2.24, 2.45) is 5.10 Å². The molecule has 0 unspecified atom stereocenters. The van der Waals surface area contributed by atoms with Gasteiger partial charge in [-0.2, -0.15) is 5.10 Å². The Hall–Kier alpha value is -1.03. The first-order valence-corrected chi connectivity index (χ1v) is 6.43. The maximum Gasteiger partial charge on any atom is 0.0951 e. The van der Waals surface area contributed by atoms with Crippen LogP contribution in [0.1, 0.15) is 40.5 Å². The number of hydrogen-bond donors (Lipinski definition) is 2. The van der Waals surface area contributed by atoms with E-state index in [1.54, 1.807) is 0 Å². The third kappa shape index (κ3) is 6.31. The first-order valence-electron chi connectivity index (χ1n) is 6.43. The van der Waals surface area contributed by atoms with E-state index >= 15 is 0 Å². The molecule has 98 valence electrons. The van der Waals surface area contributed by atoms with Crippen molar-refractivity contribution in [3.8, 4) is 0 Å². The van der Waals surface area contributed by atoms with Gasteiger partial charge in [-0.15, -0.1) is 0 Å². The first kappa shape index (κ1) is 14.0. The zero-order chi connectivity index (χ0) is 12.7. The van der Waals surface area contributed by atoms with Crippen molar-refractivity contribution < 1.29 is 4.74 Å². The van der Waals surface area contributed by atoms with E-state index in [1.165, 1.54) is 0 Å². The molecule has 4 heteroatoms. The van der Waals surface area contributed by atoms with E-state index < -0.39 is 0 Å². The van der Waals surface area contributed by atoms with Crippen molar-refractivity contribution in [3.05, 3.63) is 11.8 Å². The second kappa shape index (κ2) is 7.33. The number of allylic oxidation sites excluding steroid dienone is 2. The predicted octanol–water partition coefficient (Wildman–Crippen LogP) is 2.03. The number of hydrazone groups is 1. The highest BCUT2D eigenvalue weighted by Gasteiger charge is 2.10. The fourth-order valence-corrected chi connectivity index (χ4v) is 1.88. The maximum absolute atomic E-state index is 5.56. The molecule has 1 rings (SSSR count). The van der Waals surface area contributed by atoms with Crippen molar-refractivity contribution in [3.63, 3.8) is 0 Å². The average molecular weight is 239 g/mol. The molecule has 0 atom stereocenters. The molecule has 1 heterocycles. The molecule has 0 saturated carbocycles. The number of ether oxygens (including phenoxy) is 1. The van der Waals surface area contributed by atoms with E-state index in [-0.39, 0.29) is 6.10 Å². The Morgan fingerprint density at radius 2 is 2.00 bits per heavy atom. The number of nitrogens with zero attached hydrogens (tertiary/aromatic N) is 1. The van der Waals surface area contributed by atoms with Crippen molar-refractivity contribution in [2.45, 2.75) is 52.7 Å². The third-order valence-corrected chi connectivity index (χ3v) is 2.60. The minimum absolute atomic E-state index is 0.219. The van der Waals surface area contributed by atoms with Gasteiger partial charge in [-0.25, -0.2) is 0 Å². The van der Waals surface area contributed by atoms with Gasteiger partial charge in [0, 0.05) is 6.04 Å². The molecule has 0 amide bonds. The Balaban J connectivity index is 2.37. The van der Waals surface area contributed by atoms with Gasteiger partial charge in [0.2, 0.25) is 0 Å². The summed E-state index contributed by atoms with van der Waals surface area (Å²) in [7, 11) is 0. The van der Waals surface area contributed by atoms with Crippen LogP contribution in [0.2, 0.25) is 0 Å². The Kier molecular flexibility index (Phi) is 6.05. The summed E-state index contributed by atoms with van der Waals surface area (Å²) in [5, 5.41) is 7.71. The highest BCUT2D eigenvalue weighted by Crippen LogP contribution is 2.03. The summed E-state index contributed by atoms with van der Waals surface area (Å²) < 4.78 is 5.56. The summed E-state index contributed by atoms with van der Waals surface area (Å²) in [6, 6.07) is 0.505. The molecule has 1 fully saturated rings. The fraction of sp³-hybridized carbons (Fsp3) is 0.769. The zero-order valence-electron chi connectivity index (χ0n) is 11.4. The van der Waals surface area contributed by atoms with E-state index in [1.807, 2.05) is 33.8 Å². The molecule has 2 N–H and O–H groups in total. The summed E-state index contributed by atoms with van der Waals surface area (Å²) >= 11 is 0. The molecule has 1 aliphatic heterocycles. The number of nitrogens with one attached hydrogen (secondary N) is 2. The second-order valence-electron chi connectivity index (χ2n) is 4.83. The first-order chi connectivity index (χ1) is 8.08. The standard InChI is InChI=1S/C13H25N3O/c1-10(2)17-12(4)9-11(3)15-16-13-5-7-14-8-6-13/h9-10,13-14,16H,5-8H2,1-4H3/b12-9+,15-11+. The van der Waals surface area contributed by atoms with Crippen LogP contribution in [0.25, 0.3) is 0 Å². The molecule has 0 aromatic rings. The van der Waals surface area contributed by atoms with Crippen molar-refractivity contribution in [2.75, 3.05) is 13.1 Å². The van der Waals surface area contributed by atoms with Gasteiger partial charge in [0.15, 0.2) is 0 Å². The van der Waals surface area contributed by atoms with Crippen LogP contribution in [0, 0.1) is 0 Å². The van der Waals surface area contributed by atoms with Gasteiger partial charge in [-0.05, 0) is 59.7 Å². The highest BCUT2D eigenvalue weighted by atomic mass is 16.5. The Bertz CT molecular complexity index is 278. The molecule has 1 aliphatic rings. The summed E-state index contributed by atoms with van der Waals surface area (Å²) in [5.41, 5.74) is 4.19. The third-order valence-electron chi connectivity index (χ3n) is 2.60. The highest BCUT2D eigenvalue weighted by molar-refractivity contribution is 5.92. The molecule has 17 heavy (non-hydrogen) atoms. The predicted molar refractivity (Wildman–Crippen MR) is 72.1 cm³/mol. The fourth-order valence-electron chi connectivity index (χ4n) is 1.88. The lowest BCUT2D eigenvalue weighted by molar-refractivity contribution is 0.149. The lowest BCUT2D eigenvalue weighted by atomic mass is 10.1. The van der Waals surface area contributed by atoms with Crippen LogP contribution >= 0.6 is 0 Å². The van der Waals surface area contributed by atoms with Gasteiger partial charge in [0.1, 0.15) is 0 Å². The Labute approximate surface area is 105 Å². The normalized spacial score (nSPS) is 19.6. The number of rotatable bonds is 5. The molecule has 0 radical (unpaired) electrons. The van der Waals surface area contributed by atoms with Gasteiger partial charge in [-0.3, -0.25) is 0 Å². The van der Waals surface area contributed by atoms with Gasteiger partial charge in [-0.1, -0.05) is 0 Å². The molecule has 1 saturated heterocycles. The minimum Gasteiger partial charge on any atom is -0.496 e. The lowest BCUT2D eigenvalue weighted by Gasteiger charge is -2.22. The smallest absolute Gasteiger partial charge is 0.0951 e. The molecule has 0 spiro atoms. The van der Waals surface area contributed by atoms with Crippen LogP contribution in [0.15, 0.2) is 16.9 Å². The van der Waals surface area contributed by atoms with Crippen LogP contribution in [0.4, 0.5) is 0 Å². The molecular formula is C13H25N3O. The average Bonchev–Trinajstić information content (AvgIpc) is 2.26. The molecular weight excluding hydrogens is 214 g/mol. The van der Waals surface area contributed by atoms with Gasteiger partial charge < -0.3 is 15.5 Å². The summed E-state index contributed by atoms with van der Waals surface area (Å²) in [4.78, 5) is 0. The van der Waals surface area contributed by atoms with Gasteiger partial charge >= 0.3 is 0 Å². The zero-order valence-corrected chi connectivity index (χ0v) is 11.4. The van der Waals surface area contributed by atoms with E-state index in [0.29, 0.717) is 6.04 Å². The molecule has 4 nitrogen and oxygen atoms in total. The summed E-state index contributed by atoms with van der Waals surface area (Å²) in [6.45, 7) is 10.2. The maximum atomic E-state index is 5.56. The second-order valence-corrected chi connectivity index (χ2v) is 4.83. The monoisotopic (exact) mass is 239 g/mol. The molecule has 0 aliphatic carbocycles. The molecule has 0 aromatic heterocycles. The van der Waals surface area contributed by atoms with E-state index in [2.05, 4.69) is 15.8 Å². The number of piperidine rings is 1. The SMILES string of the molecule is C/C(=C\C(C)=N\NC1CCNCC1)OC(C)C. The van der Waals surface area contributed by atoms with Crippen molar-refractivity contribution in [1.29, 1.82) is 0 Å². The molecule has 0 bridgehead atoms. The van der Waals surface area contributed by atoms with Crippen LogP contribution < -0.4 is 10.7 Å². The van der Waals surface area contributed by atoms with Gasteiger partial charge in [0.25, 0.3) is 0 Å². The van der Waals surface area contributed by atoms with E-state index in [0.717, 1.165) is 37.4 Å². The van der Waals surface area contributed by atoms with Crippen molar-refractivity contribution in [1.82, 2.24) is 10.7 Å². The Morgan fingerprint density at radius 1 is 1.35 bits per heavy atom. The lowest BCUT2D eigenvalue weighted by Crippen LogP contribution is -2.38. The van der Waals surface area contributed by atoms with Crippen LogP contribution in [-0.2, 0) is 4.74 Å². The minimum atomic E-state index is 0.219. The van der Waals surface area contributed by atoms with E-state index in [9.17, 15) is 0 Å². The number of hydrogen-bond acceptors (Lipinski definition) is 4. The van der Waals surface area contributed by atoms with E-state index in [4.69, 9.17) is 4.74 Å². The quantitative estimate of drug-likeness (QED) is 0.438. The Morgan fingerprint density at radius 3 is 2.59 bits per heavy atom. The van der Waals surface area contributed by atoms with Gasteiger partial charge in [0.05, 0.1) is 17.6 Å². The van der Waals surface area contributed by atoms with Crippen LogP contribution in [-0.4, -0.2) is 30.9 Å². The molecule has 0 aromatic carbocycles. The summed E-state index contributed by atoms with van der Waals surface area (Å²) in [5.74, 6) is 0.911. The summed E-state index contributed by atoms with van der Waals surface area (Å²) in [6.07, 6.45) is 4.47. The largest absolute Gasteiger partial charge is 0.496 e. The van der Waals surface area contributed by atoms with Crippen LogP contribution in [0.3, 0.4) is 0 Å². The van der Waals surface area contributed by atoms with Crippen LogP contribution in [0.5, 0.6) is 0 Å². The topological polar surface area (TPSA) is 45.7 Å².